The Morgan fingerprint density at radius 3 is 1.00 bits per heavy atom. The van der Waals surface area contributed by atoms with Gasteiger partial charge in [-0.3, -0.25) is 0 Å². The van der Waals surface area contributed by atoms with Crippen molar-refractivity contribution < 1.29 is 26.4 Å². The van der Waals surface area contributed by atoms with Gasteiger partial charge in [0.05, 0.1) is 0 Å². The quantitative estimate of drug-likeness (QED) is 0.106. The fourth-order valence-electron chi connectivity index (χ4n) is 9.44. The first-order valence-electron chi connectivity index (χ1n) is 19.1. The molecule has 254 valence electrons. The maximum Gasteiger partial charge on any atom is -0.0181 e. The average molecular weight is 709 g/mol. The van der Waals surface area contributed by atoms with Gasteiger partial charge in [-0.1, -0.05) is 105 Å². The molecule has 4 aliphatic rings. The summed E-state index contributed by atoms with van der Waals surface area (Å²) in [6.45, 7) is 0. The predicted octanol–water partition coefficient (Wildman–Crippen LogP) is 13.5. The number of fused-ring (bicyclic) bond motifs is 2. The Labute approximate surface area is 296 Å². The number of rotatable bonds is 6. The van der Waals surface area contributed by atoms with Crippen molar-refractivity contribution in [2.45, 2.75) is 151 Å². The van der Waals surface area contributed by atoms with Gasteiger partial charge in [-0.15, -0.1) is 80.7 Å². The first-order chi connectivity index (χ1) is 23.2. The molecule has 0 radical (unpaired) electrons. The summed E-state index contributed by atoms with van der Waals surface area (Å²) < 4.78 is 19.5. The Hall–Kier alpha value is -0.906. The second kappa shape index (κ2) is 18.9. The molecule has 0 amide bonds. The van der Waals surface area contributed by atoms with Crippen LogP contribution in [0.3, 0.4) is 0 Å². The van der Waals surface area contributed by atoms with Crippen LogP contribution in [0.15, 0.2) is 72.8 Å². The van der Waals surface area contributed by atoms with Gasteiger partial charge in [0.1, 0.15) is 0 Å². The molecule has 0 aliphatic heterocycles. The van der Waals surface area contributed by atoms with Gasteiger partial charge in [-0.2, -0.15) is 12.1 Å². The van der Waals surface area contributed by atoms with Gasteiger partial charge in [-0.25, -0.2) is 0 Å². The second-order valence-corrected chi connectivity index (χ2v) is 20.5. The van der Waals surface area contributed by atoms with Crippen molar-refractivity contribution in [2.24, 2.45) is 0 Å². The van der Waals surface area contributed by atoms with Gasteiger partial charge in [0.15, 0.2) is 0 Å². The molecule has 4 aromatic carbocycles. The van der Waals surface area contributed by atoms with Gasteiger partial charge in [-0.05, 0) is 74.0 Å². The van der Waals surface area contributed by atoms with E-state index < -0.39 is 20.2 Å². The molecule has 0 bridgehead atoms. The van der Waals surface area contributed by atoms with E-state index in [1.807, 2.05) is 0 Å². The minimum absolute atomic E-state index is 0.0611. The number of benzene rings is 2. The summed E-state index contributed by atoms with van der Waals surface area (Å²) in [7, 11) is 0.122. The average Bonchev–Trinajstić information content (AvgIpc) is 3.75. The SMILES string of the molecule is [F][Ti][F].c1ccc2[cH-]c(P(C3CCCCC3)C3CCCCC3)cc2c1.c1ccc2[cH-]c(P(C3CCCCC3)C3CCCCC3)cc2c1. The fraction of sp³-hybridized carbons (Fsp3) is 0.571. The van der Waals surface area contributed by atoms with Gasteiger partial charge in [0, 0.05) is 0 Å². The normalized spacial score (nSPS) is 20.6. The molecule has 5 heteroatoms. The van der Waals surface area contributed by atoms with Gasteiger partial charge in [0.2, 0.25) is 0 Å². The number of hydrogen-bond donors (Lipinski definition) is 0. The summed E-state index contributed by atoms with van der Waals surface area (Å²) in [5.41, 5.74) is 4.07. The monoisotopic (exact) mass is 708 g/mol. The van der Waals surface area contributed by atoms with Crippen LogP contribution in [0.4, 0.5) is 6.18 Å². The van der Waals surface area contributed by atoms with Crippen LogP contribution in [0.2, 0.25) is 0 Å². The molecule has 8 rings (SSSR count). The summed E-state index contributed by atoms with van der Waals surface area (Å²) in [6, 6.07) is 28.1. The largest absolute Gasteiger partial charge is 0.161 e. The van der Waals surface area contributed by atoms with Crippen LogP contribution in [-0.4, -0.2) is 22.6 Å². The smallest absolute Gasteiger partial charge is 0.0181 e. The molecule has 4 saturated carbocycles. The molecule has 47 heavy (non-hydrogen) atoms. The van der Waals surface area contributed by atoms with Crippen molar-refractivity contribution in [3.05, 3.63) is 72.8 Å². The van der Waals surface area contributed by atoms with Crippen molar-refractivity contribution in [3.8, 4) is 0 Å². The molecule has 0 aromatic heterocycles. The molecular weight excluding hydrogens is 652 g/mol. The molecule has 0 atom stereocenters. The molecule has 4 fully saturated rings. The van der Waals surface area contributed by atoms with Crippen LogP contribution >= 0.6 is 15.8 Å². The molecule has 0 unspecified atom stereocenters. The van der Waals surface area contributed by atoms with E-state index in [-0.39, 0.29) is 15.8 Å². The van der Waals surface area contributed by atoms with Gasteiger partial charge < -0.3 is 0 Å². The third kappa shape index (κ3) is 9.66. The van der Waals surface area contributed by atoms with Crippen LogP contribution in [0.5, 0.6) is 0 Å². The van der Waals surface area contributed by atoms with E-state index in [1.165, 1.54) is 150 Å². The van der Waals surface area contributed by atoms with E-state index in [2.05, 4.69) is 72.8 Å². The molecule has 0 nitrogen and oxygen atoms in total. The Morgan fingerprint density at radius 1 is 0.447 bits per heavy atom. The fourth-order valence-corrected chi connectivity index (χ4v) is 17.2. The first-order valence-corrected chi connectivity index (χ1v) is 23.2. The van der Waals surface area contributed by atoms with E-state index in [0.29, 0.717) is 0 Å². The standard InChI is InChI=1S/2C21H28P.2FH.Ti/c2*1-3-11-19(12-4-1)22(20-13-5-2-6-14-20)21-15-17-9-7-8-10-18(17)16-21;;;/h2*7-10,15-16,19-20H,1-6,11-14H2;2*1H;/q2*-1;;;+2/p-2. The number of halogens is 2. The minimum atomic E-state index is -2.50. The molecule has 0 N–H and O–H groups in total. The Balaban J connectivity index is 0.000000152. The zero-order chi connectivity index (χ0) is 32.3. The summed E-state index contributed by atoms with van der Waals surface area (Å²) in [5.74, 6) is 0. The first kappa shape index (κ1) is 35.9. The summed E-state index contributed by atoms with van der Waals surface area (Å²) >= 11 is -2.50. The number of hydrogen-bond acceptors (Lipinski definition) is 0. The minimum Gasteiger partial charge on any atom is -0.161 e. The van der Waals surface area contributed by atoms with Crippen LogP contribution in [0.1, 0.15) is 128 Å². The van der Waals surface area contributed by atoms with Crippen LogP contribution in [0, 0.1) is 0 Å². The summed E-state index contributed by atoms with van der Waals surface area (Å²) in [4.78, 5) is 0. The zero-order valence-corrected chi connectivity index (χ0v) is 31.9. The Kier molecular flexibility index (Phi) is 14.4. The summed E-state index contributed by atoms with van der Waals surface area (Å²) in [6.07, 6.45) is 29.8. The molecule has 4 aliphatic carbocycles. The summed E-state index contributed by atoms with van der Waals surface area (Å²) in [5, 5.41) is 9.34. The predicted molar refractivity (Wildman–Crippen MR) is 202 cm³/mol. The van der Waals surface area contributed by atoms with Gasteiger partial charge >= 0.3 is 26.4 Å². The second-order valence-electron chi connectivity index (χ2n) is 14.7. The van der Waals surface area contributed by atoms with Crippen molar-refractivity contribution in [1.82, 2.24) is 0 Å². The van der Waals surface area contributed by atoms with E-state index in [0.717, 1.165) is 22.6 Å². The third-order valence-electron chi connectivity index (χ3n) is 11.7. The van der Waals surface area contributed by atoms with Crippen molar-refractivity contribution in [1.29, 1.82) is 0 Å². The molecular formula is C42H56F2P2Ti-2. The maximum atomic E-state index is 9.75. The molecule has 0 saturated heterocycles. The van der Waals surface area contributed by atoms with E-state index >= 15 is 0 Å². The van der Waals surface area contributed by atoms with Gasteiger partial charge in [0.25, 0.3) is 0 Å². The van der Waals surface area contributed by atoms with Crippen LogP contribution in [0.25, 0.3) is 21.5 Å². The van der Waals surface area contributed by atoms with Crippen molar-refractivity contribution in [3.63, 3.8) is 0 Å². The zero-order valence-electron chi connectivity index (χ0n) is 28.5. The van der Waals surface area contributed by atoms with E-state index in [4.69, 9.17) is 0 Å². The Morgan fingerprint density at radius 2 is 0.723 bits per heavy atom. The van der Waals surface area contributed by atoms with Crippen LogP contribution < -0.4 is 10.6 Å². The molecule has 0 spiro atoms. The van der Waals surface area contributed by atoms with Crippen molar-refractivity contribution in [2.75, 3.05) is 0 Å². The van der Waals surface area contributed by atoms with E-state index in [1.54, 1.807) is 10.6 Å². The Bertz CT molecular complexity index is 1240. The molecule has 0 heterocycles. The molecule has 4 aromatic rings. The van der Waals surface area contributed by atoms with E-state index in [9.17, 15) is 6.18 Å². The van der Waals surface area contributed by atoms with Crippen LogP contribution in [-0.2, 0) is 20.2 Å². The maximum absolute atomic E-state index is 9.75. The third-order valence-corrected chi connectivity index (χ3v) is 18.6. The van der Waals surface area contributed by atoms with Crippen molar-refractivity contribution >= 4 is 48.0 Å². The topological polar surface area (TPSA) is 0 Å².